The van der Waals surface area contributed by atoms with Crippen molar-refractivity contribution in [2.24, 2.45) is 5.92 Å². The van der Waals surface area contributed by atoms with Gasteiger partial charge in [-0.25, -0.2) is 4.79 Å². The minimum atomic E-state index is -0.492. The predicted octanol–water partition coefficient (Wildman–Crippen LogP) is 1.13. The molecule has 112 valence electrons. The van der Waals surface area contributed by atoms with E-state index in [0.717, 1.165) is 25.6 Å². The van der Waals surface area contributed by atoms with Gasteiger partial charge in [-0.1, -0.05) is 6.92 Å². The van der Waals surface area contributed by atoms with E-state index in [1.807, 2.05) is 6.92 Å². The fraction of sp³-hybridized carbons (Fsp3) is 0.929. The first kappa shape index (κ1) is 16.2. The van der Waals surface area contributed by atoms with Crippen LogP contribution in [-0.4, -0.2) is 66.3 Å². The van der Waals surface area contributed by atoms with E-state index in [-0.39, 0.29) is 12.1 Å². The molecule has 1 heterocycles. The maximum atomic E-state index is 11.9. The molecule has 0 spiro atoms. The molecule has 0 aliphatic carbocycles. The Kier molecular flexibility index (Phi) is 6.58. The molecule has 2 N–H and O–H groups in total. The van der Waals surface area contributed by atoms with Gasteiger partial charge in [0.15, 0.2) is 0 Å². The topological polar surface area (TPSA) is 55.8 Å². The van der Waals surface area contributed by atoms with Crippen LogP contribution in [0.25, 0.3) is 0 Å². The Morgan fingerprint density at radius 1 is 1.53 bits per heavy atom. The van der Waals surface area contributed by atoms with E-state index in [1.165, 1.54) is 17.7 Å². The number of likely N-dealkylation sites (N-methyl/N-ethyl adjacent to an activating group) is 1. The number of likely N-dealkylation sites (tertiary alicyclic amines) is 1. The van der Waals surface area contributed by atoms with E-state index in [2.05, 4.69) is 17.1 Å². The maximum Gasteiger partial charge on any atom is 0.317 e. The van der Waals surface area contributed by atoms with Gasteiger partial charge >= 0.3 is 6.03 Å². The number of nitrogens with zero attached hydrogens (tertiary/aromatic N) is 2. The summed E-state index contributed by atoms with van der Waals surface area (Å²) in [4.78, 5) is 15.8. The highest BCUT2D eigenvalue weighted by Crippen LogP contribution is 2.15. The van der Waals surface area contributed by atoms with E-state index in [4.69, 9.17) is 0 Å². The fourth-order valence-electron chi connectivity index (χ4n) is 2.69. The van der Waals surface area contributed by atoms with Crippen molar-refractivity contribution in [3.8, 4) is 0 Å². The van der Waals surface area contributed by atoms with Crippen LogP contribution in [0.4, 0.5) is 4.79 Å². The summed E-state index contributed by atoms with van der Waals surface area (Å²) in [5.41, 5.74) is 0. The third kappa shape index (κ3) is 6.25. The van der Waals surface area contributed by atoms with E-state index < -0.39 is 6.10 Å². The SMILES string of the molecule is CC(O)CN(C)C(=O)NC(C)CN1CCCC(C)C1. The Morgan fingerprint density at radius 3 is 2.79 bits per heavy atom. The maximum absolute atomic E-state index is 11.9. The summed E-state index contributed by atoms with van der Waals surface area (Å²) in [7, 11) is 1.71. The molecule has 1 saturated heterocycles. The first-order valence-electron chi connectivity index (χ1n) is 7.30. The van der Waals surface area contributed by atoms with E-state index in [1.54, 1.807) is 14.0 Å². The molecule has 0 radical (unpaired) electrons. The molecule has 1 fully saturated rings. The zero-order valence-corrected chi connectivity index (χ0v) is 12.7. The second-order valence-electron chi connectivity index (χ2n) is 6.09. The molecule has 0 aromatic carbocycles. The van der Waals surface area contributed by atoms with Crippen LogP contribution < -0.4 is 5.32 Å². The highest BCUT2D eigenvalue weighted by molar-refractivity contribution is 5.74. The second-order valence-corrected chi connectivity index (χ2v) is 6.09. The van der Waals surface area contributed by atoms with Gasteiger partial charge < -0.3 is 20.2 Å². The number of carbonyl (C=O) groups excluding carboxylic acids is 1. The van der Waals surface area contributed by atoms with Gasteiger partial charge in [0.2, 0.25) is 0 Å². The lowest BCUT2D eigenvalue weighted by atomic mass is 10.00. The molecule has 5 heteroatoms. The first-order valence-corrected chi connectivity index (χ1v) is 7.30. The van der Waals surface area contributed by atoms with Crippen LogP contribution in [-0.2, 0) is 0 Å². The van der Waals surface area contributed by atoms with E-state index in [9.17, 15) is 9.90 Å². The van der Waals surface area contributed by atoms with Crippen LogP contribution in [0.1, 0.15) is 33.6 Å². The number of nitrogens with one attached hydrogen (secondary N) is 1. The Hall–Kier alpha value is -0.810. The molecule has 5 nitrogen and oxygen atoms in total. The number of hydrogen-bond acceptors (Lipinski definition) is 3. The molecule has 3 atom stereocenters. The molecule has 0 aromatic heterocycles. The summed E-state index contributed by atoms with van der Waals surface area (Å²) < 4.78 is 0. The van der Waals surface area contributed by atoms with Crippen LogP contribution in [0.2, 0.25) is 0 Å². The van der Waals surface area contributed by atoms with E-state index in [0.29, 0.717) is 6.54 Å². The number of amides is 2. The molecule has 19 heavy (non-hydrogen) atoms. The summed E-state index contributed by atoms with van der Waals surface area (Å²) in [6.07, 6.45) is 2.08. The predicted molar refractivity (Wildman–Crippen MR) is 77.1 cm³/mol. The minimum Gasteiger partial charge on any atom is -0.392 e. The smallest absolute Gasteiger partial charge is 0.317 e. The fourth-order valence-corrected chi connectivity index (χ4v) is 2.69. The van der Waals surface area contributed by atoms with Gasteiger partial charge in [0.25, 0.3) is 0 Å². The standard InChI is InChI=1S/C14H29N3O2/c1-11-6-5-7-17(8-11)9-12(2)15-14(19)16(4)10-13(3)18/h11-13,18H,5-10H2,1-4H3,(H,15,19). The Bertz CT molecular complexity index is 284. The number of hydrogen-bond donors (Lipinski definition) is 2. The molecule has 1 aliphatic heterocycles. The van der Waals surface area contributed by atoms with Gasteiger partial charge in [0, 0.05) is 32.7 Å². The summed E-state index contributed by atoms with van der Waals surface area (Å²) in [5.74, 6) is 0.759. The van der Waals surface area contributed by atoms with Crippen molar-refractivity contribution in [3.05, 3.63) is 0 Å². The Morgan fingerprint density at radius 2 is 2.21 bits per heavy atom. The zero-order chi connectivity index (χ0) is 14.4. The summed E-state index contributed by atoms with van der Waals surface area (Å²) >= 11 is 0. The van der Waals surface area contributed by atoms with Crippen molar-refractivity contribution in [1.82, 2.24) is 15.1 Å². The van der Waals surface area contributed by atoms with Crippen molar-refractivity contribution >= 4 is 6.03 Å². The molecule has 0 saturated carbocycles. The number of urea groups is 1. The van der Waals surface area contributed by atoms with Gasteiger partial charge in [-0.05, 0) is 39.2 Å². The minimum absolute atomic E-state index is 0.113. The van der Waals surface area contributed by atoms with E-state index >= 15 is 0 Å². The zero-order valence-electron chi connectivity index (χ0n) is 12.7. The molecule has 2 amide bonds. The highest BCUT2D eigenvalue weighted by atomic mass is 16.3. The van der Waals surface area contributed by atoms with Crippen LogP contribution in [0.5, 0.6) is 0 Å². The van der Waals surface area contributed by atoms with Crippen molar-refractivity contribution in [1.29, 1.82) is 0 Å². The van der Waals surface area contributed by atoms with Gasteiger partial charge in [-0.2, -0.15) is 0 Å². The molecule has 0 aromatic rings. The third-order valence-electron chi connectivity index (χ3n) is 3.53. The summed E-state index contributed by atoms with van der Waals surface area (Å²) in [6.45, 7) is 9.53. The average Bonchev–Trinajstić information content (AvgIpc) is 2.27. The number of carbonyl (C=O) groups is 1. The molecular formula is C14H29N3O2. The first-order chi connectivity index (χ1) is 8.88. The lowest BCUT2D eigenvalue weighted by molar-refractivity contribution is 0.137. The van der Waals surface area contributed by atoms with Crippen molar-refractivity contribution < 1.29 is 9.90 Å². The second kappa shape index (κ2) is 7.70. The lowest BCUT2D eigenvalue weighted by Gasteiger charge is -2.33. The van der Waals surface area contributed by atoms with Crippen LogP contribution >= 0.6 is 0 Å². The monoisotopic (exact) mass is 271 g/mol. The Balaban J connectivity index is 2.29. The molecule has 1 aliphatic rings. The van der Waals surface area contributed by atoms with Crippen molar-refractivity contribution in [2.45, 2.75) is 45.8 Å². The van der Waals surface area contributed by atoms with Gasteiger partial charge in [-0.15, -0.1) is 0 Å². The lowest BCUT2D eigenvalue weighted by Crippen LogP contribution is -2.49. The van der Waals surface area contributed by atoms with Crippen LogP contribution in [0.15, 0.2) is 0 Å². The number of aliphatic hydroxyl groups is 1. The van der Waals surface area contributed by atoms with Gasteiger partial charge in [-0.3, -0.25) is 0 Å². The van der Waals surface area contributed by atoms with Crippen LogP contribution in [0, 0.1) is 5.92 Å². The Labute approximate surface area is 117 Å². The number of piperidine rings is 1. The van der Waals surface area contributed by atoms with Gasteiger partial charge in [0.05, 0.1) is 6.10 Å². The van der Waals surface area contributed by atoms with Crippen molar-refractivity contribution in [3.63, 3.8) is 0 Å². The summed E-state index contributed by atoms with van der Waals surface area (Å²) in [5, 5.41) is 12.2. The summed E-state index contributed by atoms with van der Waals surface area (Å²) in [6, 6.07) is 0.0210. The number of aliphatic hydroxyl groups excluding tert-OH is 1. The van der Waals surface area contributed by atoms with Crippen LogP contribution in [0.3, 0.4) is 0 Å². The molecule has 1 rings (SSSR count). The molecule has 0 bridgehead atoms. The largest absolute Gasteiger partial charge is 0.392 e. The third-order valence-corrected chi connectivity index (χ3v) is 3.53. The number of rotatable bonds is 5. The average molecular weight is 271 g/mol. The molecular weight excluding hydrogens is 242 g/mol. The molecule has 3 unspecified atom stereocenters. The highest BCUT2D eigenvalue weighted by Gasteiger charge is 2.19. The normalized spacial score (nSPS) is 23.7. The van der Waals surface area contributed by atoms with Crippen molar-refractivity contribution in [2.75, 3.05) is 33.2 Å². The quantitative estimate of drug-likeness (QED) is 0.788. The van der Waals surface area contributed by atoms with Gasteiger partial charge in [0.1, 0.15) is 0 Å².